The Morgan fingerprint density at radius 2 is 1.84 bits per heavy atom. The van der Waals surface area contributed by atoms with E-state index < -0.39 is 5.60 Å². The maximum Gasteiger partial charge on any atom is 0.0930 e. The predicted molar refractivity (Wildman–Crippen MR) is 81.8 cm³/mol. The highest BCUT2D eigenvalue weighted by Gasteiger charge is 2.45. The third-order valence-electron chi connectivity index (χ3n) is 4.34. The molecule has 1 saturated carbocycles. The quantitative estimate of drug-likeness (QED) is 0.734. The van der Waals surface area contributed by atoms with Gasteiger partial charge >= 0.3 is 0 Å². The minimum Gasteiger partial charge on any atom is -0.385 e. The molecule has 1 aliphatic carbocycles. The van der Waals surface area contributed by atoms with Gasteiger partial charge in [0.25, 0.3) is 0 Å². The molecule has 0 spiro atoms. The fraction of sp³-hybridized carbons (Fsp3) is 0.625. The lowest BCUT2D eigenvalue weighted by molar-refractivity contribution is -0.0959. The van der Waals surface area contributed by atoms with E-state index in [0.717, 1.165) is 24.8 Å². The van der Waals surface area contributed by atoms with Crippen molar-refractivity contribution in [3.05, 3.63) is 33.8 Å². The summed E-state index contributed by atoms with van der Waals surface area (Å²) in [5.74, 6) is 0.242. The molecule has 0 radical (unpaired) electrons. The summed E-state index contributed by atoms with van der Waals surface area (Å²) in [6.07, 6.45) is 4.10. The predicted octanol–water partition coefficient (Wildman–Crippen LogP) is 5.42. The van der Waals surface area contributed by atoms with Crippen LogP contribution < -0.4 is 0 Å². The van der Waals surface area contributed by atoms with E-state index >= 15 is 0 Å². The van der Waals surface area contributed by atoms with Crippen molar-refractivity contribution in [2.24, 2.45) is 11.3 Å². The first-order valence-corrected chi connectivity index (χ1v) is 7.68. The summed E-state index contributed by atoms with van der Waals surface area (Å²) in [4.78, 5) is 0. The number of hydrogen-bond donors (Lipinski definition) is 1. The van der Waals surface area contributed by atoms with Crippen molar-refractivity contribution in [3.63, 3.8) is 0 Å². The van der Waals surface area contributed by atoms with Crippen LogP contribution in [0.15, 0.2) is 18.2 Å². The largest absolute Gasteiger partial charge is 0.385 e. The zero-order chi connectivity index (χ0) is 14.3. The molecule has 2 unspecified atom stereocenters. The van der Waals surface area contributed by atoms with Crippen LogP contribution >= 0.6 is 23.2 Å². The zero-order valence-electron chi connectivity index (χ0n) is 11.8. The van der Waals surface area contributed by atoms with Crippen LogP contribution in [0.5, 0.6) is 0 Å². The monoisotopic (exact) mass is 300 g/mol. The van der Waals surface area contributed by atoms with Gasteiger partial charge in [0.1, 0.15) is 0 Å². The minimum absolute atomic E-state index is 0.0707. The van der Waals surface area contributed by atoms with Crippen molar-refractivity contribution < 1.29 is 5.11 Å². The highest BCUT2D eigenvalue weighted by Crippen LogP contribution is 2.50. The molecular formula is C16H22Cl2O. The summed E-state index contributed by atoms with van der Waals surface area (Å²) in [5.41, 5.74) is 0.188. The van der Waals surface area contributed by atoms with E-state index in [1.165, 1.54) is 6.42 Å². The van der Waals surface area contributed by atoms with Gasteiger partial charge in [0.15, 0.2) is 0 Å². The lowest BCUT2D eigenvalue weighted by atomic mass is 9.61. The molecule has 106 valence electrons. The number of hydrogen-bond acceptors (Lipinski definition) is 1. The second-order valence-corrected chi connectivity index (χ2v) is 7.53. The Balaban J connectivity index is 2.45. The fourth-order valence-electron chi connectivity index (χ4n) is 3.42. The van der Waals surface area contributed by atoms with Crippen molar-refractivity contribution in [1.82, 2.24) is 0 Å². The number of benzene rings is 1. The Hall–Kier alpha value is -0.240. The van der Waals surface area contributed by atoms with Crippen LogP contribution in [0.25, 0.3) is 0 Å². The first kappa shape index (κ1) is 15.2. The number of halogens is 2. The summed E-state index contributed by atoms with van der Waals surface area (Å²) in [7, 11) is 0. The van der Waals surface area contributed by atoms with Crippen LogP contribution in [0.1, 0.15) is 52.0 Å². The molecule has 0 amide bonds. The molecule has 2 atom stereocenters. The second kappa shape index (κ2) is 5.27. The maximum atomic E-state index is 11.3. The molecule has 1 nitrogen and oxygen atoms in total. The van der Waals surface area contributed by atoms with Crippen LogP contribution in [0, 0.1) is 11.3 Å². The summed E-state index contributed by atoms with van der Waals surface area (Å²) >= 11 is 12.1. The highest BCUT2D eigenvalue weighted by atomic mass is 35.5. The Morgan fingerprint density at radius 3 is 2.42 bits per heavy atom. The van der Waals surface area contributed by atoms with E-state index in [2.05, 4.69) is 20.8 Å². The van der Waals surface area contributed by atoms with E-state index in [1.807, 2.05) is 12.1 Å². The van der Waals surface area contributed by atoms with Gasteiger partial charge in [-0.3, -0.25) is 0 Å². The third kappa shape index (κ3) is 2.94. The Morgan fingerprint density at radius 1 is 1.16 bits per heavy atom. The SMILES string of the molecule is CC(C)(C)C1CCCCC1(O)c1ccc(Cl)c(Cl)c1. The van der Waals surface area contributed by atoms with Gasteiger partial charge in [-0.05, 0) is 41.9 Å². The molecule has 1 aliphatic rings. The topological polar surface area (TPSA) is 20.2 Å². The van der Waals surface area contributed by atoms with E-state index in [1.54, 1.807) is 6.07 Å². The summed E-state index contributed by atoms with van der Waals surface area (Å²) < 4.78 is 0. The number of rotatable bonds is 1. The van der Waals surface area contributed by atoms with Crippen molar-refractivity contribution in [3.8, 4) is 0 Å². The van der Waals surface area contributed by atoms with E-state index in [0.29, 0.717) is 10.0 Å². The molecule has 0 aliphatic heterocycles. The molecule has 0 bridgehead atoms. The first-order valence-electron chi connectivity index (χ1n) is 6.93. The summed E-state index contributed by atoms with van der Waals surface area (Å²) in [6, 6.07) is 5.53. The van der Waals surface area contributed by atoms with Crippen molar-refractivity contribution >= 4 is 23.2 Å². The van der Waals surface area contributed by atoms with Gasteiger partial charge in [-0.1, -0.05) is 62.9 Å². The zero-order valence-corrected chi connectivity index (χ0v) is 13.4. The van der Waals surface area contributed by atoms with Gasteiger partial charge < -0.3 is 5.11 Å². The van der Waals surface area contributed by atoms with E-state index in [9.17, 15) is 5.11 Å². The molecule has 19 heavy (non-hydrogen) atoms. The molecule has 1 N–H and O–H groups in total. The average molecular weight is 301 g/mol. The average Bonchev–Trinajstić information content (AvgIpc) is 2.31. The maximum absolute atomic E-state index is 11.3. The molecule has 3 heteroatoms. The van der Waals surface area contributed by atoms with Crippen LogP contribution in [0.3, 0.4) is 0 Å². The van der Waals surface area contributed by atoms with E-state index in [4.69, 9.17) is 23.2 Å². The van der Waals surface area contributed by atoms with Crippen LogP contribution in [0.4, 0.5) is 0 Å². The van der Waals surface area contributed by atoms with Crippen molar-refractivity contribution in [2.45, 2.75) is 52.1 Å². The summed E-state index contributed by atoms with van der Waals surface area (Å²) in [6.45, 7) is 6.60. The minimum atomic E-state index is -0.787. The highest BCUT2D eigenvalue weighted by molar-refractivity contribution is 6.42. The Labute approximate surface area is 125 Å². The first-order chi connectivity index (χ1) is 8.75. The molecule has 1 aromatic rings. The van der Waals surface area contributed by atoms with Crippen LogP contribution in [0.2, 0.25) is 10.0 Å². The Kier molecular flexibility index (Phi) is 4.21. The Bertz CT molecular complexity index is 464. The van der Waals surface area contributed by atoms with Crippen LogP contribution in [-0.2, 0) is 5.60 Å². The van der Waals surface area contributed by atoms with Gasteiger partial charge in [0, 0.05) is 0 Å². The lowest BCUT2D eigenvalue weighted by Crippen LogP contribution is -2.44. The summed E-state index contributed by atoms with van der Waals surface area (Å²) in [5, 5.41) is 12.3. The van der Waals surface area contributed by atoms with Gasteiger partial charge in [-0.2, -0.15) is 0 Å². The van der Waals surface area contributed by atoms with Gasteiger partial charge in [-0.15, -0.1) is 0 Å². The third-order valence-corrected chi connectivity index (χ3v) is 5.08. The van der Waals surface area contributed by atoms with Crippen molar-refractivity contribution in [1.29, 1.82) is 0 Å². The molecule has 2 rings (SSSR count). The van der Waals surface area contributed by atoms with Gasteiger partial charge in [0.05, 0.1) is 15.6 Å². The smallest absolute Gasteiger partial charge is 0.0930 e. The normalized spacial score (nSPS) is 28.4. The van der Waals surface area contributed by atoms with Crippen LogP contribution in [-0.4, -0.2) is 5.11 Å². The van der Waals surface area contributed by atoms with E-state index in [-0.39, 0.29) is 11.3 Å². The lowest BCUT2D eigenvalue weighted by Gasteiger charge is -2.47. The molecular weight excluding hydrogens is 279 g/mol. The standard InChI is InChI=1S/C16H22Cl2O/c1-15(2,3)14-6-4-5-9-16(14,19)11-7-8-12(17)13(18)10-11/h7-8,10,14,19H,4-6,9H2,1-3H3. The molecule has 0 heterocycles. The van der Waals surface area contributed by atoms with Gasteiger partial charge in [0.2, 0.25) is 0 Å². The number of aliphatic hydroxyl groups is 1. The van der Waals surface area contributed by atoms with Gasteiger partial charge in [-0.25, -0.2) is 0 Å². The molecule has 0 saturated heterocycles. The second-order valence-electron chi connectivity index (χ2n) is 6.72. The fourth-order valence-corrected chi connectivity index (χ4v) is 3.71. The molecule has 0 aromatic heterocycles. The molecule has 1 fully saturated rings. The van der Waals surface area contributed by atoms with Crippen molar-refractivity contribution in [2.75, 3.05) is 0 Å². The molecule has 1 aromatic carbocycles.